The summed E-state index contributed by atoms with van der Waals surface area (Å²) in [6.45, 7) is 2.17. The summed E-state index contributed by atoms with van der Waals surface area (Å²) in [6, 6.07) is 2.88. The van der Waals surface area contributed by atoms with Crippen LogP contribution in [0.15, 0.2) is 21.6 Å². The van der Waals surface area contributed by atoms with Crippen LogP contribution >= 0.6 is 0 Å². The number of piperidine rings is 2. The average Bonchev–Trinajstić information content (AvgIpc) is 3.29. The number of furan rings is 1. The summed E-state index contributed by atoms with van der Waals surface area (Å²) in [4.78, 5) is 19.2. The summed E-state index contributed by atoms with van der Waals surface area (Å²) in [5, 5.41) is 7.25. The molecule has 1 aliphatic carbocycles. The van der Waals surface area contributed by atoms with Gasteiger partial charge in [-0.15, -0.1) is 0 Å². The molecule has 1 N–H and O–H groups in total. The maximum absolute atomic E-state index is 12.8. The van der Waals surface area contributed by atoms with E-state index in [-0.39, 0.29) is 22.7 Å². The number of carbonyl (C=O) groups is 1. The Labute approximate surface area is 175 Å². The third-order valence-electron chi connectivity index (χ3n) is 6.33. The fourth-order valence-electron chi connectivity index (χ4n) is 4.31. The summed E-state index contributed by atoms with van der Waals surface area (Å²) in [5.74, 6) is 2.44. The zero-order valence-corrected chi connectivity index (χ0v) is 17.7. The topological polar surface area (TPSA) is 112 Å². The van der Waals surface area contributed by atoms with Gasteiger partial charge in [-0.3, -0.25) is 9.89 Å². The number of rotatable bonds is 5. The standard InChI is InChI=1S/C20H27N5O4S/c26-20(16-6-7-17(29-16)30(27,28)25-10-2-1-3-11-25)24-12-8-15(9-13-24)19-21-18(22-23-19)14-4-5-14/h6-7,14-15H,1-5,8-13H2,(H,21,22,23). The highest BCUT2D eigenvalue weighted by molar-refractivity contribution is 7.89. The Bertz CT molecular complexity index is 1010. The molecule has 30 heavy (non-hydrogen) atoms. The number of aromatic nitrogens is 3. The molecule has 0 atom stereocenters. The molecule has 0 bridgehead atoms. The van der Waals surface area contributed by atoms with Crippen LogP contribution in [-0.4, -0.2) is 64.9 Å². The van der Waals surface area contributed by atoms with Crippen molar-refractivity contribution in [3.63, 3.8) is 0 Å². The van der Waals surface area contributed by atoms with Crippen LogP contribution in [0.1, 0.15) is 79.0 Å². The Kier molecular flexibility index (Phi) is 5.14. The second-order valence-electron chi connectivity index (χ2n) is 8.50. The van der Waals surface area contributed by atoms with Gasteiger partial charge in [-0.25, -0.2) is 13.4 Å². The van der Waals surface area contributed by atoms with Gasteiger partial charge in [-0.05, 0) is 50.7 Å². The van der Waals surface area contributed by atoms with Crippen molar-refractivity contribution in [3.05, 3.63) is 29.5 Å². The fraction of sp³-hybridized carbons (Fsp3) is 0.650. The first-order valence-corrected chi connectivity index (χ1v) is 12.3. The number of amides is 1. The van der Waals surface area contributed by atoms with Gasteiger partial charge in [0.1, 0.15) is 5.82 Å². The quantitative estimate of drug-likeness (QED) is 0.775. The Morgan fingerprint density at radius 3 is 2.43 bits per heavy atom. The first-order valence-electron chi connectivity index (χ1n) is 10.8. The third kappa shape index (κ3) is 3.78. The molecule has 3 fully saturated rings. The number of nitrogens with zero attached hydrogens (tertiary/aromatic N) is 4. The maximum Gasteiger partial charge on any atom is 0.289 e. The minimum atomic E-state index is -3.67. The summed E-state index contributed by atoms with van der Waals surface area (Å²) >= 11 is 0. The molecule has 0 unspecified atom stereocenters. The summed E-state index contributed by atoms with van der Waals surface area (Å²) in [6.07, 6.45) is 6.68. The number of sulfonamides is 1. The van der Waals surface area contributed by atoms with Crippen LogP contribution in [0.3, 0.4) is 0 Å². The molecule has 4 heterocycles. The fourth-order valence-corrected chi connectivity index (χ4v) is 5.74. The van der Waals surface area contributed by atoms with E-state index in [1.807, 2.05) is 0 Å². The highest BCUT2D eigenvalue weighted by atomic mass is 32.2. The smallest absolute Gasteiger partial charge is 0.289 e. The van der Waals surface area contributed by atoms with Gasteiger partial charge < -0.3 is 9.32 Å². The Morgan fingerprint density at radius 2 is 1.73 bits per heavy atom. The van der Waals surface area contributed by atoms with E-state index in [1.54, 1.807) is 4.90 Å². The number of carbonyl (C=O) groups excluding carboxylic acids is 1. The Balaban J connectivity index is 1.21. The largest absolute Gasteiger partial charge is 0.438 e. The maximum atomic E-state index is 12.8. The van der Waals surface area contributed by atoms with E-state index in [4.69, 9.17) is 4.42 Å². The van der Waals surface area contributed by atoms with E-state index < -0.39 is 10.0 Å². The van der Waals surface area contributed by atoms with Crippen molar-refractivity contribution in [3.8, 4) is 0 Å². The van der Waals surface area contributed by atoms with Crippen molar-refractivity contribution in [2.75, 3.05) is 26.2 Å². The Hall–Kier alpha value is -2.20. The lowest BCUT2D eigenvalue weighted by molar-refractivity contribution is 0.0673. The Morgan fingerprint density at radius 1 is 1.00 bits per heavy atom. The van der Waals surface area contributed by atoms with Crippen molar-refractivity contribution < 1.29 is 17.6 Å². The first-order chi connectivity index (χ1) is 14.5. The predicted octanol–water partition coefficient (Wildman–Crippen LogP) is 2.47. The summed E-state index contributed by atoms with van der Waals surface area (Å²) in [7, 11) is -3.67. The molecule has 162 valence electrons. The van der Waals surface area contributed by atoms with Crippen molar-refractivity contribution in [2.45, 2.75) is 61.9 Å². The monoisotopic (exact) mass is 433 g/mol. The molecule has 0 spiro atoms. The van der Waals surface area contributed by atoms with E-state index in [2.05, 4.69) is 15.2 Å². The number of hydrogen-bond acceptors (Lipinski definition) is 6. The van der Waals surface area contributed by atoms with E-state index in [9.17, 15) is 13.2 Å². The molecule has 1 saturated carbocycles. The van der Waals surface area contributed by atoms with Gasteiger partial charge in [0.25, 0.3) is 15.9 Å². The van der Waals surface area contributed by atoms with Crippen molar-refractivity contribution in [1.29, 1.82) is 0 Å². The highest BCUT2D eigenvalue weighted by Gasteiger charge is 2.33. The number of hydrogen-bond donors (Lipinski definition) is 1. The summed E-state index contributed by atoms with van der Waals surface area (Å²) in [5.41, 5.74) is 0. The minimum absolute atomic E-state index is 0.0831. The van der Waals surface area contributed by atoms with E-state index in [0.29, 0.717) is 32.1 Å². The number of likely N-dealkylation sites (tertiary alicyclic amines) is 1. The van der Waals surface area contributed by atoms with Gasteiger partial charge in [0.2, 0.25) is 5.09 Å². The highest BCUT2D eigenvalue weighted by Crippen LogP contribution is 2.38. The van der Waals surface area contributed by atoms with Crippen molar-refractivity contribution in [2.24, 2.45) is 0 Å². The first kappa shape index (κ1) is 19.7. The van der Waals surface area contributed by atoms with Crippen LogP contribution in [0.4, 0.5) is 0 Å². The zero-order valence-electron chi connectivity index (χ0n) is 16.9. The SMILES string of the molecule is O=C(c1ccc(S(=O)(=O)N2CCCCC2)o1)N1CCC(c2nc(C3CC3)n[nH]2)CC1. The molecule has 0 aromatic carbocycles. The molecule has 2 aliphatic heterocycles. The molecule has 5 rings (SSSR count). The van der Waals surface area contributed by atoms with Crippen molar-refractivity contribution >= 4 is 15.9 Å². The van der Waals surface area contributed by atoms with Gasteiger partial charge in [0.15, 0.2) is 11.6 Å². The molecule has 2 aromatic heterocycles. The minimum Gasteiger partial charge on any atom is -0.438 e. The number of nitrogens with one attached hydrogen (secondary N) is 1. The molecule has 3 aliphatic rings. The molecule has 0 radical (unpaired) electrons. The van der Waals surface area contributed by atoms with Gasteiger partial charge in [-0.2, -0.15) is 9.40 Å². The van der Waals surface area contributed by atoms with Gasteiger partial charge >= 0.3 is 0 Å². The average molecular weight is 434 g/mol. The molecule has 2 saturated heterocycles. The molecule has 1 amide bonds. The van der Waals surface area contributed by atoms with Gasteiger partial charge in [-0.1, -0.05) is 6.42 Å². The van der Waals surface area contributed by atoms with Crippen LogP contribution in [0.5, 0.6) is 0 Å². The lowest BCUT2D eigenvalue weighted by Crippen LogP contribution is -2.38. The predicted molar refractivity (Wildman–Crippen MR) is 108 cm³/mol. The van der Waals surface area contributed by atoms with Crippen LogP contribution < -0.4 is 0 Å². The van der Waals surface area contributed by atoms with Crippen molar-refractivity contribution in [1.82, 2.24) is 24.4 Å². The lowest BCUT2D eigenvalue weighted by atomic mass is 9.96. The number of H-pyrrole nitrogens is 1. The number of aromatic amines is 1. The second-order valence-corrected chi connectivity index (χ2v) is 10.4. The van der Waals surface area contributed by atoms with E-state index in [1.165, 1.54) is 29.3 Å². The lowest BCUT2D eigenvalue weighted by Gasteiger charge is -2.30. The third-order valence-corrected chi connectivity index (χ3v) is 8.11. The van der Waals surface area contributed by atoms with E-state index in [0.717, 1.165) is 43.8 Å². The van der Waals surface area contributed by atoms with E-state index >= 15 is 0 Å². The van der Waals surface area contributed by atoms with Crippen LogP contribution in [0.2, 0.25) is 0 Å². The normalized spacial score (nSPS) is 21.8. The molecular formula is C20H27N5O4S. The molecule has 10 heteroatoms. The second kappa shape index (κ2) is 7.81. The molecular weight excluding hydrogens is 406 g/mol. The van der Waals surface area contributed by atoms with Crippen LogP contribution in [-0.2, 0) is 10.0 Å². The van der Waals surface area contributed by atoms with Crippen LogP contribution in [0, 0.1) is 0 Å². The summed E-state index contributed by atoms with van der Waals surface area (Å²) < 4.78 is 32.5. The molecule has 9 nitrogen and oxygen atoms in total. The molecule has 2 aromatic rings. The van der Waals surface area contributed by atoms with Gasteiger partial charge in [0, 0.05) is 38.0 Å². The van der Waals surface area contributed by atoms with Gasteiger partial charge in [0.05, 0.1) is 0 Å². The van der Waals surface area contributed by atoms with Crippen LogP contribution in [0.25, 0.3) is 0 Å². The zero-order chi connectivity index (χ0) is 20.7.